The summed E-state index contributed by atoms with van der Waals surface area (Å²) in [6.45, 7) is 7.88. The molecule has 2 aliphatic rings. The second-order valence-corrected chi connectivity index (χ2v) is 9.09. The molecule has 0 aliphatic carbocycles. The van der Waals surface area contributed by atoms with Crippen molar-refractivity contribution in [3.05, 3.63) is 70.3 Å². The molecule has 2 aromatic carbocycles. The van der Waals surface area contributed by atoms with Crippen LogP contribution in [0, 0.1) is 6.92 Å². The van der Waals surface area contributed by atoms with Crippen molar-refractivity contribution >= 4 is 17.7 Å². The molecule has 0 aromatic heterocycles. The number of amides is 3. The number of fused-ring (bicyclic) bond motifs is 1. The molecule has 7 nitrogen and oxygen atoms in total. The summed E-state index contributed by atoms with van der Waals surface area (Å²) >= 11 is 0. The van der Waals surface area contributed by atoms with E-state index in [0.29, 0.717) is 24.1 Å². The summed E-state index contributed by atoms with van der Waals surface area (Å²) in [5.41, 5.74) is 4.19. The Morgan fingerprint density at radius 3 is 2.45 bits per heavy atom. The highest BCUT2D eigenvalue weighted by atomic mass is 16.2. The minimum Gasteiger partial charge on any atom is -0.352 e. The minimum absolute atomic E-state index is 0.0769. The van der Waals surface area contributed by atoms with Crippen LogP contribution in [0.15, 0.2) is 42.5 Å². The number of nitrogens with zero attached hydrogens (tertiary/aromatic N) is 3. The highest BCUT2D eigenvalue weighted by Crippen LogP contribution is 2.24. The maximum absolute atomic E-state index is 12.5. The summed E-state index contributed by atoms with van der Waals surface area (Å²) in [5, 5.41) is 2.96. The van der Waals surface area contributed by atoms with E-state index < -0.39 is 0 Å². The van der Waals surface area contributed by atoms with Gasteiger partial charge in [0.25, 0.3) is 11.8 Å². The second kappa shape index (κ2) is 10.3. The number of nitrogens with one attached hydrogen (secondary N) is 1. The maximum Gasteiger partial charge on any atom is 0.261 e. The number of rotatable bonds is 8. The van der Waals surface area contributed by atoms with Gasteiger partial charge in [0.2, 0.25) is 5.91 Å². The van der Waals surface area contributed by atoms with E-state index in [1.165, 1.54) is 10.5 Å². The molecule has 0 saturated carbocycles. The Morgan fingerprint density at radius 1 is 0.939 bits per heavy atom. The SMILES string of the molecule is Cc1ccc2c(c1)C(=O)N(CCCC(=O)NCc1cccc(CN3CCN(C)CC3)c1)C2=O. The molecule has 0 radical (unpaired) electrons. The fourth-order valence-corrected chi connectivity index (χ4v) is 4.40. The summed E-state index contributed by atoms with van der Waals surface area (Å²) in [7, 11) is 2.15. The first-order chi connectivity index (χ1) is 15.9. The van der Waals surface area contributed by atoms with Crippen LogP contribution >= 0.6 is 0 Å². The van der Waals surface area contributed by atoms with Crippen molar-refractivity contribution in [3.63, 3.8) is 0 Å². The molecule has 2 aromatic rings. The Balaban J connectivity index is 1.21. The van der Waals surface area contributed by atoms with Crippen LogP contribution in [0.4, 0.5) is 0 Å². The number of benzene rings is 2. The Hall–Kier alpha value is -3.03. The van der Waals surface area contributed by atoms with Crippen LogP contribution in [-0.4, -0.2) is 72.2 Å². The summed E-state index contributed by atoms with van der Waals surface area (Å²) in [4.78, 5) is 43.4. The molecule has 0 spiro atoms. The first-order valence-corrected chi connectivity index (χ1v) is 11.6. The van der Waals surface area contributed by atoms with Crippen molar-refractivity contribution in [3.8, 4) is 0 Å². The highest BCUT2D eigenvalue weighted by molar-refractivity contribution is 6.21. The zero-order valence-electron chi connectivity index (χ0n) is 19.5. The zero-order valence-corrected chi connectivity index (χ0v) is 19.5. The lowest BCUT2D eigenvalue weighted by Crippen LogP contribution is -2.43. The van der Waals surface area contributed by atoms with Crippen molar-refractivity contribution in [1.82, 2.24) is 20.0 Å². The number of carbonyl (C=O) groups is 3. The fraction of sp³-hybridized carbons (Fsp3) is 0.423. The van der Waals surface area contributed by atoms with Crippen LogP contribution in [-0.2, 0) is 17.9 Å². The van der Waals surface area contributed by atoms with Crippen LogP contribution < -0.4 is 5.32 Å². The monoisotopic (exact) mass is 448 g/mol. The first kappa shape index (κ1) is 23.1. The minimum atomic E-state index is -0.271. The maximum atomic E-state index is 12.5. The molecule has 2 heterocycles. The van der Waals surface area contributed by atoms with E-state index in [0.717, 1.165) is 43.9 Å². The molecule has 0 unspecified atom stereocenters. The predicted molar refractivity (Wildman–Crippen MR) is 127 cm³/mol. The van der Waals surface area contributed by atoms with E-state index in [9.17, 15) is 14.4 Å². The number of hydrogen-bond donors (Lipinski definition) is 1. The molecule has 0 atom stereocenters. The third-order valence-corrected chi connectivity index (χ3v) is 6.39. The lowest BCUT2D eigenvalue weighted by atomic mass is 10.1. The van der Waals surface area contributed by atoms with Crippen molar-refractivity contribution < 1.29 is 14.4 Å². The molecule has 1 fully saturated rings. The van der Waals surface area contributed by atoms with Crippen LogP contribution in [0.1, 0.15) is 50.2 Å². The van der Waals surface area contributed by atoms with Gasteiger partial charge in [-0.3, -0.25) is 24.2 Å². The van der Waals surface area contributed by atoms with Gasteiger partial charge in [0, 0.05) is 52.2 Å². The average molecular weight is 449 g/mol. The standard InChI is InChI=1S/C26H32N4O3/c1-19-8-9-22-23(15-19)26(33)30(25(22)32)10-4-7-24(31)27-17-20-5-3-6-21(16-20)18-29-13-11-28(2)12-14-29/h3,5-6,8-9,15-16H,4,7,10-14,17-18H2,1-2H3,(H,27,31). The predicted octanol–water partition coefficient (Wildman–Crippen LogP) is 2.44. The van der Waals surface area contributed by atoms with Gasteiger partial charge in [-0.25, -0.2) is 0 Å². The van der Waals surface area contributed by atoms with Gasteiger partial charge in [-0.1, -0.05) is 35.9 Å². The van der Waals surface area contributed by atoms with Crippen molar-refractivity contribution in [2.45, 2.75) is 32.9 Å². The largest absolute Gasteiger partial charge is 0.352 e. The number of carbonyl (C=O) groups excluding carboxylic acids is 3. The van der Waals surface area contributed by atoms with Crippen LogP contribution in [0.2, 0.25) is 0 Å². The lowest BCUT2D eigenvalue weighted by molar-refractivity contribution is -0.121. The van der Waals surface area contributed by atoms with Crippen molar-refractivity contribution in [2.24, 2.45) is 0 Å². The van der Waals surface area contributed by atoms with Gasteiger partial charge in [-0.2, -0.15) is 0 Å². The molecule has 33 heavy (non-hydrogen) atoms. The molecule has 1 saturated heterocycles. The first-order valence-electron chi connectivity index (χ1n) is 11.6. The molecule has 174 valence electrons. The molecular weight excluding hydrogens is 416 g/mol. The van der Waals surface area contributed by atoms with E-state index in [2.05, 4.69) is 34.3 Å². The molecular formula is C26H32N4O3. The lowest BCUT2D eigenvalue weighted by Gasteiger charge is -2.32. The fourth-order valence-electron chi connectivity index (χ4n) is 4.40. The molecule has 4 rings (SSSR count). The summed E-state index contributed by atoms with van der Waals surface area (Å²) in [6, 6.07) is 13.6. The summed E-state index contributed by atoms with van der Waals surface area (Å²) in [6.07, 6.45) is 0.715. The molecule has 1 N–H and O–H groups in total. The smallest absolute Gasteiger partial charge is 0.261 e. The number of piperazine rings is 1. The Kier molecular flexibility index (Phi) is 7.20. The Labute approximate surface area is 195 Å². The number of imide groups is 1. The molecule has 7 heteroatoms. The van der Waals surface area contributed by atoms with E-state index in [1.807, 2.05) is 25.1 Å². The average Bonchev–Trinajstić information content (AvgIpc) is 3.03. The third-order valence-electron chi connectivity index (χ3n) is 6.39. The number of hydrogen-bond acceptors (Lipinski definition) is 5. The van der Waals surface area contributed by atoms with Gasteiger partial charge in [0.15, 0.2) is 0 Å². The molecule has 3 amide bonds. The van der Waals surface area contributed by atoms with Crippen LogP contribution in [0.3, 0.4) is 0 Å². The van der Waals surface area contributed by atoms with Gasteiger partial charge in [-0.05, 0) is 43.7 Å². The Bertz CT molecular complexity index is 1040. The van der Waals surface area contributed by atoms with Crippen molar-refractivity contribution in [2.75, 3.05) is 39.8 Å². The van der Waals surface area contributed by atoms with Gasteiger partial charge in [-0.15, -0.1) is 0 Å². The zero-order chi connectivity index (χ0) is 23.4. The van der Waals surface area contributed by atoms with Gasteiger partial charge in [0.1, 0.15) is 0 Å². The van der Waals surface area contributed by atoms with Gasteiger partial charge in [0.05, 0.1) is 11.1 Å². The van der Waals surface area contributed by atoms with Crippen molar-refractivity contribution in [1.29, 1.82) is 0 Å². The topological polar surface area (TPSA) is 73.0 Å². The van der Waals surface area contributed by atoms with E-state index in [1.54, 1.807) is 12.1 Å². The normalized spacial score (nSPS) is 16.8. The Morgan fingerprint density at radius 2 is 1.67 bits per heavy atom. The second-order valence-electron chi connectivity index (χ2n) is 9.09. The molecule has 2 aliphatic heterocycles. The van der Waals surface area contributed by atoms with Crippen LogP contribution in [0.25, 0.3) is 0 Å². The van der Waals surface area contributed by atoms with E-state index in [4.69, 9.17) is 0 Å². The van der Waals surface area contributed by atoms with Crippen LogP contribution in [0.5, 0.6) is 0 Å². The quantitative estimate of drug-likeness (QED) is 0.628. The summed E-state index contributed by atoms with van der Waals surface area (Å²) in [5.74, 6) is -0.615. The number of aryl methyl sites for hydroxylation is 1. The van der Waals surface area contributed by atoms with E-state index >= 15 is 0 Å². The van der Waals surface area contributed by atoms with E-state index in [-0.39, 0.29) is 30.7 Å². The van der Waals surface area contributed by atoms with Gasteiger partial charge >= 0.3 is 0 Å². The number of likely N-dealkylation sites (N-methyl/N-ethyl adjacent to an activating group) is 1. The summed E-state index contributed by atoms with van der Waals surface area (Å²) < 4.78 is 0. The van der Waals surface area contributed by atoms with Gasteiger partial charge < -0.3 is 10.2 Å². The highest BCUT2D eigenvalue weighted by Gasteiger charge is 2.34. The third kappa shape index (κ3) is 5.67. The molecule has 0 bridgehead atoms.